The number of phenolic OH excluding ortho intramolecular Hbond substituents is 1. The summed E-state index contributed by atoms with van der Waals surface area (Å²) in [5.41, 5.74) is 2.39. The number of phenols is 1. The second kappa shape index (κ2) is 6.22. The lowest BCUT2D eigenvalue weighted by Gasteiger charge is -2.14. The molecule has 2 rings (SSSR count). The first-order valence-corrected chi connectivity index (χ1v) is 7.15. The standard InChI is InChI=1S/C15H18N2O3S/c1-4-10-8-11(18)6-7-12(10)13-14(20-21)9(3)16-17(5-2)15(13)19/h6-8,18,21H,4-5H2,1-3H3. The molecule has 0 saturated carbocycles. The number of aryl methyl sites for hydroxylation is 3. The van der Waals surface area contributed by atoms with E-state index in [1.807, 2.05) is 13.8 Å². The van der Waals surface area contributed by atoms with Crippen LogP contribution in [0.15, 0.2) is 23.0 Å². The van der Waals surface area contributed by atoms with Crippen LogP contribution in [0.4, 0.5) is 0 Å². The van der Waals surface area contributed by atoms with Crippen LogP contribution in [0.25, 0.3) is 11.1 Å². The number of aromatic hydroxyl groups is 1. The van der Waals surface area contributed by atoms with Crippen LogP contribution in [-0.4, -0.2) is 14.9 Å². The van der Waals surface area contributed by atoms with E-state index in [0.717, 1.165) is 11.1 Å². The van der Waals surface area contributed by atoms with Gasteiger partial charge in [0.25, 0.3) is 5.56 Å². The van der Waals surface area contributed by atoms with Crippen molar-refractivity contribution in [1.29, 1.82) is 0 Å². The number of benzene rings is 1. The zero-order valence-electron chi connectivity index (χ0n) is 12.3. The quantitative estimate of drug-likeness (QED) is 0.673. The van der Waals surface area contributed by atoms with Crippen molar-refractivity contribution in [1.82, 2.24) is 9.78 Å². The van der Waals surface area contributed by atoms with Gasteiger partial charge in [0.2, 0.25) is 0 Å². The largest absolute Gasteiger partial charge is 0.508 e. The van der Waals surface area contributed by atoms with Gasteiger partial charge in [-0.15, -0.1) is 0 Å². The van der Waals surface area contributed by atoms with E-state index in [-0.39, 0.29) is 11.3 Å². The van der Waals surface area contributed by atoms with Gasteiger partial charge in [-0.25, -0.2) is 4.68 Å². The van der Waals surface area contributed by atoms with Gasteiger partial charge >= 0.3 is 0 Å². The first kappa shape index (κ1) is 15.4. The normalized spacial score (nSPS) is 10.7. The molecule has 0 radical (unpaired) electrons. The first-order valence-electron chi connectivity index (χ1n) is 6.78. The van der Waals surface area contributed by atoms with Crippen LogP contribution < -0.4 is 9.74 Å². The monoisotopic (exact) mass is 306 g/mol. The highest BCUT2D eigenvalue weighted by Gasteiger charge is 2.20. The summed E-state index contributed by atoms with van der Waals surface area (Å²) in [5.74, 6) is 0.527. The third-order valence-electron chi connectivity index (χ3n) is 3.40. The van der Waals surface area contributed by atoms with Gasteiger partial charge in [-0.1, -0.05) is 13.0 Å². The molecule has 2 aromatic rings. The summed E-state index contributed by atoms with van der Waals surface area (Å²) in [4.78, 5) is 12.6. The highest BCUT2D eigenvalue weighted by molar-refractivity contribution is 7.75. The van der Waals surface area contributed by atoms with Crippen molar-refractivity contribution in [2.75, 3.05) is 0 Å². The SMILES string of the molecule is CCc1cc(O)ccc1-c1c(OS)c(C)nn(CC)c1=O. The smallest absolute Gasteiger partial charge is 0.278 e. The van der Waals surface area contributed by atoms with Crippen LogP contribution in [0.1, 0.15) is 25.1 Å². The summed E-state index contributed by atoms with van der Waals surface area (Å²) in [6.07, 6.45) is 0.683. The maximum Gasteiger partial charge on any atom is 0.278 e. The number of aromatic nitrogens is 2. The van der Waals surface area contributed by atoms with Crippen LogP contribution in [0.5, 0.6) is 11.5 Å². The van der Waals surface area contributed by atoms with E-state index in [1.54, 1.807) is 25.1 Å². The second-order valence-electron chi connectivity index (χ2n) is 4.70. The topological polar surface area (TPSA) is 64.3 Å². The van der Waals surface area contributed by atoms with Gasteiger partial charge in [0.1, 0.15) is 11.4 Å². The molecule has 0 atom stereocenters. The maximum absolute atomic E-state index is 12.6. The Balaban J connectivity index is 2.85. The molecule has 0 aliphatic heterocycles. The van der Waals surface area contributed by atoms with Crippen molar-refractivity contribution < 1.29 is 9.29 Å². The highest BCUT2D eigenvalue weighted by Crippen LogP contribution is 2.33. The Labute approximate surface area is 128 Å². The van der Waals surface area contributed by atoms with Gasteiger partial charge in [0.15, 0.2) is 5.75 Å². The number of nitrogens with zero attached hydrogens (tertiary/aromatic N) is 2. The molecule has 0 fully saturated rings. The van der Waals surface area contributed by atoms with Gasteiger partial charge in [-0.05, 0) is 43.5 Å². The molecule has 0 amide bonds. The zero-order valence-corrected chi connectivity index (χ0v) is 13.1. The highest BCUT2D eigenvalue weighted by atomic mass is 32.1. The van der Waals surface area contributed by atoms with Gasteiger partial charge in [0, 0.05) is 19.5 Å². The van der Waals surface area contributed by atoms with Gasteiger partial charge in [-0.2, -0.15) is 5.10 Å². The Bertz CT molecular complexity index is 726. The summed E-state index contributed by atoms with van der Waals surface area (Å²) in [5, 5.41) is 13.8. The lowest BCUT2D eigenvalue weighted by Crippen LogP contribution is -2.25. The first-order chi connectivity index (χ1) is 10.0. The van der Waals surface area contributed by atoms with Crippen LogP contribution in [0.2, 0.25) is 0 Å². The number of rotatable bonds is 4. The molecule has 1 heterocycles. The average molecular weight is 306 g/mol. The molecule has 21 heavy (non-hydrogen) atoms. The Hall–Kier alpha value is -1.95. The van der Waals surface area contributed by atoms with Crippen LogP contribution >= 0.6 is 12.9 Å². The predicted octanol–water partition coefficient (Wildman–Crippen LogP) is 2.73. The minimum Gasteiger partial charge on any atom is -0.508 e. The van der Waals surface area contributed by atoms with E-state index in [1.165, 1.54) is 4.68 Å². The summed E-state index contributed by atoms with van der Waals surface area (Å²) >= 11 is 3.86. The third-order valence-corrected chi connectivity index (χ3v) is 3.59. The van der Waals surface area contributed by atoms with Crippen molar-refractivity contribution in [3.63, 3.8) is 0 Å². The maximum atomic E-state index is 12.6. The summed E-state index contributed by atoms with van der Waals surface area (Å²) in [6.45, 7) is 6.06. The molecule has 0 aliphatic carbocycles. The molecule has 0 aliphatic rings. The van der Waals surface area contributed by atoms with Crippen molar-refractivity contribution in [3.8, 4) is 22.6 Å². The van der Waals surface area contributed by atoms with E-state index < -0.39 is 0 Å². The minimum atomic E-state index is -0.229. The number of hydrogen-bond acceptors (Lipinski definition) is 5. The zero-order chi connectivity index (χ0) is 15.6. The fraction of sp³-hybridized carbons (Fsp3) is 0.333. The van der Waals surface area contributed by atoms with Crippen molar-refractivity contribution in [2.24, 2.45) is 0 Å². The Morgan fingerprint density at radius 2 is 2.10 bits per heavy atom. The summed E-state index contributed by atoms with van der Waals surface area (Å²) < 4.78 is 6.49. The van der Waals surface area contributed by atoms with Crippen LogP contribution in [-0.2, 0) is 13.0 Å². The predicted molar refractivity (Wildman–Crippen MR) is 85.0 cm³/mol. The molecular formula is C15H18N2O3S. The van der Waals surface area contributed by atoms with E-state index in [2.05, 4.69) is 18.0 Å². The molecule has 0 spiro atoms. The summed E-state index contributed by atoms with van der Waals surface area (Å²) in [6, 6.07) is 4.94. The molecule has 0 bridgehead atoms. The molecule has 1 N–H and O–H groups in total. The minimum absolute atomic E-state index is 0.172. The molecule has 1 aromatic heterocycles. The Morgan fingerprint density at radius 3 is 2.67 bits per heavy atom. The molecule has 5 nitrogen and oxygen atoms in total. The Kier molecular flexibility index (Phi) is 4.57. The molecule has 0 unspecified atom stereocenters. The van der Waals surface area contributed by atoms with Crippen LogP contribution in [0.3, 0.4) is 0 Å². The molecule has 112 valence electrons. The van der Waals surface area contributed by atoms with E-state index in [0.29, 0.717) is 30.0 Å². The molecule has 0 saturated heterocycles. The van der Waals surface area contributed by atoms with Gasteiger partial charge in [0.05, 0.1) is 5.56 Å². The lowest BCUT2D eigenvalue weighted by atomic mass is 9.98. The van der Waals surface area contributed by atoms with Gasteiger partial charge < -0.3 is 9.29 Å². The fourth-order valence-electron chi connectivity index (χ4n) is 2.36. The lowest BCUT2D eigenvalue weighted by molar-refractivity contribution is 0.474. The van der Waals surface area contributed by atoms with E-state index in [9.17, 15) is 9.90 Å². The molecular weight excluding hydrogens is 288 g/mol. The van der Waals surface area contributed by atoms with E-state index in [4.69, 9.17) is 4.18 Å². The second-order valence-corrected chi connectivity index (χ2v) is 4.88. The van der Waals surface area contributed by atoms with Crippen molar-refractivity contribution >= 4 is 12.9 Å². The number of thiol groups is 1. The Morgan fingerprint density at radius 1 is 1.38 bits per heavy atom. The van der Waals surface area contributed by atoms with Crippen LogP contribution in [0, 0.1) is 6.92 Å². The van der Waals surface area contributed by atoms with Crippen molar-refractivity contribution in [3.05, 3.63) is 39.8 Å². The van der Waals surface area contributed by atoms with Gasteiger partial charge in [-0.3, -0.25) is 4.79 Å². The fourth-order valence-corrected chi connectivity index (χ4v) is 2.58. The molecule has 6 heteroatoms. The number of hydrogen-bond donors (Lipinski definition) is 2. The summed E-state index contributed by atoms with van der Waals surface area (Å²) in [7, 11) is 0. The third kappa shape index (κ3) is 2.76. The van der Waals surface area contributed by atoms with Crippen molar-refractivity contribution in [2.45, 2.75) is 33.7 Å². The molecule has 1 aromatic carbocycles. The van der Waals surface area contributed by atoms with E-state index >= 15 is 0 Å². The average Bonchev–Trinajstić information content (AvgIpc) is 2.48.